The molecule has 2 amide bonds. The number of likely N-dealkylation sites (tertiary alicyclic amines) is 1. The number of β-amino-alcohol motifs (C(OH)–C–C–N with tert-alkyl or cyclic N) is 1. The van der Waals surface area contributed by atoms with Crippen LogP contribution in [0.5, 0.6) is 5.75 Å². The predicted molar refractivity (Wildman–Crippen MR) is 152 cm³/mol. The molecule has 3 N–H and O–H groups in total. The Bertz CT molecular complexity index is 1080. The highest BCUT2D eigenvalue weighted by Gasteiger charge is 2.35. The van der Waals surface area contributed by atoms with Crippen molar-refractivity contribution in [3.63, 3.8) is 0 Å². The third kappa shape index (κ3) is 8.64. The highest BCUT2D eigenvalue weighted by atomic mass is 79.9. The first-order valence-electron chi connectivity index (χ1n) is 12.8. The monoisotopic (exact) mass is 589 g/mol. The highest BCUT2D eigenvalue weighted by molar-refractivity contribution is 8.93. The molecule has 1 saturated heterocycles. The molecule has 3 rings (SSSR count). The number of aliphatic hydroxyl groups is 1. The van der Waals surface area contributed by atoms with Gasteiger partial charge in [-0.1, -0.05) is 30.3 Å². The number of ether oxygens (including phenoxy) is 1. The van der Waals surface area contributed by atoms with Crippen molar-refractivity contribution in [2.45, 2.75) is 65.1 Å². The zero-order chi connectivity index (χ0) is 27.2. The first kappa shape index (κ1) is 31.5. The van der Waals surface area contributed by atoms with Gasteiger partial charge in [-0.25, -0.2) is 0 Å². The number of carbonyl (C=O) groups is 3. The fraction of sp³-hybridized carbons (Fsp3) is 0.483. The van der Waals surface area contributed by atoms with Crippen molar-refractivity contribution in [3.05, 3.63) is 65.7 Å². The number of hydrogen-bond donors (Lipinski definition) is 3. The molecular formula is C29H40BrN3O5. The van der Waals surface area contributed by atoms with Crippen molar-refractivity contribution >= 4 is 34.8 Å². The van der Waals surface area contributed by atoms with Gasteiger partial charge in [0.1, 0.15) is 11.8 Å². The van der Waals surface area contributed by atoms with Crippen molar-refractivity contribution in [3.8, 4) is 5.75 Å². The number of hydrogen-bond acceptors (Lipinski definition) is 6. The van der Waals surface area contributed by atoms with Crippen molar-refractivity contribution in [1.29, 1.82) is 0 Å². The number of aliphatic hydroxyl groups excluding tert-OH is 1. The Kier molecular flexibility index (Phi) is 11.1. The van der Waals surface area contributed by atoms with Crippen LogP contribution in [-0.2, 0) is 9.59 Å². The highest BCUT2D eigenvalue weighted by Crippen LogP contribution is 2.23. The summed E-state index contributed by atoms with van der Waals surface area (Å²) in [6.45, 7) is 10.4. The van der Waals surface area contributed by atoms with E-state index in [1.165, 1.54) is 0 Å². The van der Waals surface area contributed by atoms with Gasteiger partial charge in [0.15, 0.2) is 0 Å². The van der Waals surface area contributed by atoms with E-state index < -0.39 is 23.1 Å². The van der Waals surface area contributed by atoms with E-state index in [1.54, 1.807) is 62.1 Å². The molecule has 9 heteroatoms. The van der Waals surface area contributed by atoms with Crippen LogP contribution in [0.1, 0.15) is 69.5 Å². The normalized spacial score (nSPS) is 16.4. The largest absolute Gasteiger partial charge is 0.426 e. The number of nitrogens with zero attached hydrogens (tertiary/aromatic N) is 1. The second-order valence-electron chi connectivity index (χ2n) is 11.2. The Morgan fingerprint density at radius 2 is 1.66 bits per heavy atom. The fourth-order valence-electron chi connectivity index (χ4n) is 4.03. The van der Waals surface area contributed by atoms with Crippen molar-refractivity contribution < 1.29 is 24.2 Å². The maximum atomic E-state index is 13.0. The summed E-state index contributed by atoms with van der Waals surface area (Å²) >= 11 is 0. The van der Waals surface area contributed by atoms with Gasteiger partial charge in [-0.2, -0.15) is 0 Å². The second-order valence-corrected chi connectivity index (χ2v) is 11.2. The van der Waals surface area contributed by atoms with Crippen LogP contribution in [0, 0.1) is 5.41 Å². The lowest BCUT2D eigenvalue weighted by molar-refractivity contribution is -0.143. The first-order chi connectivity index (χ1) is 17.4. The molecule has 0 saturated carbocycles. The minimum absolute atomic E-state index is 0. The summed E-state index contributed by atoms with van der Waals surface area (Å²) in [4.78, 5) is 39.5. The molecule has 208 valence electrons. The predicted octanol–water partition coefficient (Wildman–Crippen LogP) is 4.04. The third-order valence-electron chi connectivity index (χ3n) is 6.40. The minimum atomic E-state index is -0.781. The summed E-state index contributed by atoms with van der Waals surface area (Å²) in [6.07, 6.45) is 0.646. The molecule has 0 spiro atoms. The Morgan fingerprint density at radius 3 is 2.26 bits per heavy atom. The Labute approximate surface area is 235 Å². The molecule has 1 unspecified atom stereocenters. The Morgan fingerprint density at radius 1 is 1.03 bits per heavy atom. The number of amides is 2. The van der Waals surface area contributed by atoms with Gasteiger partial charge >= 0.3 is 5.97 Å². The van der Waals surface area contributed by atoms with E-state index in [1.807, 2.05) is 32.0 Å². The summed E-state index contributed by atoms with van der Waals surface area (Å²) in [6, 6.07) is 15.3. The Hall–Kier alpha value is -2.75. The first-order valence-corrected chi connectivity index (χ1v) is 12.8. The molecule has 1 fully saturated rings. The lowest BCUT2D eigenvalue weighted by atomic mass is 9.97. The van der Waals surface area contributed by atoms with E-state index in [4.69, 9.17) is 4.74 Å². The number of esters is 1. The van der Waals surface area contributed by atoms with Crippen LogP contribution >= 0.6 is 17.0 Å². The van der Waals surface area contributed by atoms with Crippen LogP contribution in [0.15, 0.2) is 54.6 Å². The molecule has 38 heavy (non-hydrogen) atoms. The van der Waals surface area contributed by atoms with E-state index >= 15 is 0 Å². The van der Waals surface area contributed by atoms with E-state index in [0.29, 0.717) is 36.4 Å². The van der Waals surface area contributed by atoms with Crippen LogP contribution in [0.4, 0.5) is 0 Å². The molecule has 0 aliphatic carbocycles. The summed E-state index contributed by atoms with van der Waals surface area (Å²) < 4.78 is 5.37. The van der Waals surface area contributed by atoms with Gasteiger partial charge in [0.05, 0.1) is 11.5 Å². The zero-order valence-corrected chi connectivity index (χ0v) is 24.5. The summed E-state index contributed by atoms with van der Waals surface area (Å²) in [5, 5.41) is 16.9. The van der Waals surface area contributed by atoms with Crippen molar-refractivity contribution in [1.82, 2.24) is 15.5 Å². The summed E-state index contributed by atoms with van der Waals surface area (Å²) in [5.74, 6) is -0.189. The molecule has 1 heterocycles. The smallest absolute Gasteiger partial charge is 0.316 e. The van der Waals surface area contributed by atoms with E-state index in [9.17, 15) is 19.5 Å². The number of halogens is 1. The number of rotatable bonds is 9. The summed E-state index contributed by atoms with van der Waals surface area (Å²) in [7, 11) is 0. The summed E-state index contributed by atoms with van der Waals surface area (Å²) in [5.41, 5.74) is 0.171. The second kappa shape index (κ2) is 13.4. The van der Waals surface area contributed by atoms with Gasteiger partial charge in [0.25, 0.3) is 5.91 Å². The standard InChI is InChI=1S/C29H39N3O5.BrH/c1-28(2,3)27(36)37-22-15-13-20(14-16-22)24(33)18-31-29(4,5)19-30-25(34)23-12-9-17-32(23)26(35)21-10-7-6-8-11-21;/h6-8,10-11,13-16,23-24,31,33H,9,12,17-19H2,1-5H3,(H,30,34);1H/t23-,24?;/m0./s1. The minimum Gasteiger partial charge on any atom is -0.426 e. The van der Waals surface area contributed by atoms with E-state index in [0.717, 1.165) is 6.42 Å². The van der Waals surface area contributed by atoms with Gasteiger partial charge in [-0.3, -0.25) is 14.4 Å². The zero-order valence-electron chi connectivity index (χ0n) is 22.8. The van der Waals surface area contributed by atoms with Crippen LogP contribution < -0.4 is 15.4 Å². The molecule has 0 aromatic heterocycles. The van der Waals surface area contributed by atoms with Crippen LogP contribution in [0.25, 0.3) is 0 Å². The SMILES string of the molecule is Br.CC(C)(CNC(=O)[C@@H]1CCCN1C(=O)c1ccccc1)NCC(O)c1ccc(OC(=O)C(C)(C)C)cc1. The lowest BCUT2D eigenvalue weighted by Gasteiger charge is -2.30. The van der Waals surface area contributed by atoms with E-state index in [-0.39, 0.29) is 41.3 Å². The molecule has 0 bridgehead atoms. The average molecular weight is 591 g/mol. The van der Waals surface area contributed by atoms with Gasteiger partial charge < -0.3 is 25.4 Å². The molecule has 8 nitrogen and oxygen atoms in total. The maximum Gasteiger partial charge on any atom is 0.316 e. The van der Waals surface area contributed by atoms with Crippen LogP contribution in [-0.4, -0.2) is 59.0 Å². The fourth-order valence-corrected chi connectivity index (χ4v) is 4.03. The van der Waals surface area contributed by atoms with Crippen molar-refractivity contribution in [2.24, 2.45) is 5.41 Å². The number of carbonyl (C=O) groups excluding carboxylic acids is 3. The molecule has 0 radical (unpaired) electrons. The van der Waals surface area contributed by atoms with Crippen LogP contribution in [0.2, 0.25) is 0 Å². The topological polar surface area (TPSA) is 108 Å². The average Bonchev–Trinajstić information content (AvgIpc) is 3.36. The number of nitrogens with one attached hydrogen (secondary N) is 2. The number of benzene rings is 2. The quantitative estimate of drug-likeness (QED) is 0.301. The molecular weight excluding hydrogens is 550 g/mol. The van der Waals surface area contributed by atoms with Crippen molar-refractivity contribution in [2.75, 3.05) is 19.6 Å². The molecule has 1 aliphatic heterocycles. The Balaban J connectivity index is 0.00000507. The molecule has 2 aromatic rings. The van der Waals surface area contributed by atoms with E-state index in [2.05, 4.69) is 10.6 Å². The molecule has 2 aromatic carbocycles. The van der Waals surface area contributed by atoms with Crippen LogP contribution in [0.3, 0.4) is 0 Å². The lowest BCUT2D eigenvalue weighted by Crippen LogP contribution is -2.53. The molecule has 2 atom stereocenters. The third-order valence-corrected chi connectivity index (χ3v) is 6.40. The molecule has 1 aliphatic rings. The van der Waals surface area contributed by atoms with Gasteiger partial charge in [0.2, 0.25) is 5.91 Å². The van der Waals surface area contributed by atoms with Gasteiger partial charge in [-0.05, 0) is 77.3 Å². The van der Waals surface area contributed by atoms with Gasteiger partial charge in [-0.15, -0.1) is 17.0 Å². The van der Waals surface area contributed by atoms with Gasteiger partial charge in [0, 0.05) is 30.7 Å². The maximum absolute atomic E-state index is 13.0.